The van der Waals surface area contributed by atoms with Crippen molar-refractivity contribution in [3.05, 3.63) is 42.7 Å². The van der Waals surface area contributed by atoms with Gasteiger partial charge in [-0.1, -0.05) is 12.1 Å². The summed E-state index contributed by atoms with van der Waals surface area (Å²) < 4.78 is 10.5. The first-order valence-electron chi connectivity index (χ1n) is 5.06. The summed E-state index contributed by atoms with van der Waals surface area (Å²) in [5.74, 6) is 5.90. The maximum atomic E-state index is 10.9. The summed E-state index contributed by atoms with van der Waals surface area (Å²) in [6.07, 6.45) is 1.60. The highest BCUT2D eigenvalue weighted by Gasteiger charge is 2.04. The van der Waals surface area contributed by atoms with Crippen molar-refractivity contribution < 1.29 is 13.9 Å². The van der Waals surface area contributed by atoms with E-state index in [1.54, 1.807) is 18.4 Å². The Labute approximate surface area is 98.1 Å². The molecule has 0 unspecified atom stereocenters. The third kappa shape index (κ3) is 2.85. The standard InChI is InChI=1S/C12H12N2O3/c13-14-12(15)8-17-10-4-1-3-9(7-10)11-5-2-6-16-11/h1-7H,8,13H2,(H,14,15). The predicted octanol–water partition coefficient (Wildman–Crippen LogP) is 1.32. The highest BCUT2D eigenvalue weighted by molar-refractivity contribution is 5.76. The zero-order chi connectivity index (χ0) is 12.1. The van der Waals surface area contributed by atoms with Gasteiger partial charge in [0.25, 0.3) is 5.91 Å². The van der Waals surface area contributed by atoms with Gasteiger partial charge >= 0.3 is 0 Å². The number of hydrogen-bond donors (Lipinski definition) is 2. The van der Waals surface area contributed by atoms with E-state index < -0.39 is 0 Å². The Morgan fingerprint density at radius 3 is 2.94 bits per heavy atom. The molecule has 3 N–H and O–H groups in total. The van der Waals surface area contributed by atoms with Gasteiger partial charge in [-0.2, -0.15) is 0 Å². The van der Waals surface area contributed by atoms with Crippen LogP contribution in [0.1, 0.15) is 0 Å². The number of amides is 1. The first-order valence-corrected chi connectivity index (χ1v) is 5.06. The van der Waals surface area contributed by atoms with Gasteiger partial charge in [0, 0.05) is 5.56 Å². The lowest BCUT2D eigenvalue weighted by Crippen LogP contribution is -2.34. The predicted molar refractivity (Wildman–Crippen MR) is 62.0 cm³/mol. The molecule has 0 aliphatic carbocycles. The molecule has 0 saturated carbocycles. The molecule has 0 radical (unpaired) electrons. The number of furan rings is 1. The van der Waals surface area contributed by atoms with Gasteiger partial charge < -0.3 is 9.15 Å². The monoisotopic (exact) mass is 232 g/mol. The zero-order valence-electron chi connectivity index (χ0n) is 9.05. The molecule has 5 nitrogen and oxygen atoms in total. The van der Waals surface area contributed by atoms with Crippen LogP contribution in [0.25, 0.3) is 11.3 Å². The fraction of sp³-hybridized carbons (Fsp3) is 0.0833. The molecule has 0 spiro atoms. The van der Waals surface area contributed by atoms with Crippen LogP contribution < -0.4 is 16.0 Å². The molecule has 2 rings (SSSR count). The SMILES string of the molecule is NNC(=O)COc1cccc(-c2ccco2)c1. The average Bonchev–Trinajstić information content (AvgIpc) is 2.90. The largest absolute Gasteiger partial charge is 0.484 e. The van der Waals surface area contributed by atoms with E-state index in [1.807, 2.05) is 29.7 Å². The second-order valence-corrected chi connectivity index (χ2v) is 3.36. The third-order valence-corrected chi connectivity index (χ3v) is 2.17. The number of hydrogen-bond acceptors (Lipinski definition) is 4. The lowest BCUT2D eigenvalue weighted by molar-refractivity contribution is -0.123. The molecule has 0 fully saturated rings. The smallest absolute Gasteiger partial charge is 0.271 e. The number of rotatable bonds is 4. The molecule has 0 atom stereocenters. The van der Waals surface area contributed by atoms with Crippen LogP contribution in [0.15, 0.2) is 47.1 Å². The van der Waals surface area contributed by atoms with E-state index in [2.05, 4.69) is 0 Å². The Morgan fingerprint density at radius 2 is 2.24 bits per heavy atom. The Kier molecular flexibility index (Phi) is 3.42. The van der Waals surface area contributed by atoms with Crippen LogP contribution >= 0.6 is 0 Å². The van der Waals surface area contributed by atoms with Crippen molar-refractivity contribution in [2.75, 3.05) is 6.61 Å². The maximum Gasteiger partial charge on any atom is 0.271 e. The third-order valence-electron chi connectivity index (χ3n) is 2.17. The zero-order valence-corrected chi connectivity index (χ0v) is 9.05. The van der Waals surface area contributed by atoms with Gasteiger partial charge in [-0.15, -0.1) is 0 Å². The number of benzene rings is 1. The van der Waals surface area contributed by atoms with Crippen LogP contribution in [-0.2, 0) is 4.79 Å². The van der Waals surface area contributed by atoms with Gasteiger partial charge in [0.05, 0.1) is 6.26 Å². The molecule has 0 aliphatic heterocycles. The Balaban J connectivity index is 2.09. The van der Waals surface area contributed by atoms with Gasteiger partial charge in [0.2, 0.25) is 0 Å². The molecule has 0 saturated heterocycles. The Bertz CT molecular complexity index is 494. The first-order chi connectivity index (χ1) is 8.29. The fourth-order valence-electron chi connectivity index (χ4n) is 1.37. The van der Waals surface area contributed by atoms with E-state index in [1.165, 1.54) is 0 Å². The average molecular weight is 232 g/mol. The molecule has 1 aromatic carbocycles. The van der Waals surface area contributed by atoms with Crippen LogP contribution in [-0.4, -0.2) is 12.5 Å². The number of carbonyl (C=O) groups is 1. The van der Waals surface area contributed by atoms with Gasteiger partial charge in [0.1, 0.15) is 11.5 Å². The topological polar surface area (TPSA) is 77.5 Å². The van der Waals surface area contributed by atoms with Gasteiger partial charge in [-0.25, -0.2) is 5.84 Å². The molecule has 5 heteroatoms. The molecule has 1 heterocycles. The van der Waals surface area contributed by atoms with Crippen molar-refractivity contribution in [1.29, 1.82) is 0 Å². The molecule has 1 aromatic heterocycles. The summed E-state index contributed by atoms with van der Waals surface area (Å²) in [5, 5.41) is 0. The van der Waals surface area contributed by atoms with Crippen molar-refractivity contribution >= 4 is 5.91 Å². The summed E-state index contributed by atoms with van der Waals surface area (Å²) in [6.45, 7) is -0.113. The Morgan fingerprint density at radius 1 is 1.35 bits per heavy atom. The highest BCUT2D eigenvalue weighted by atomic mass is 16.5. The van der Waals surface area contributed by atoms with Crippen LogP contribution in [0.4, 0.5) is 0 Å². The van der Waals surface area contributed by atoms with Crippen molar-refractivity contribution in [2.45, 2.75) is 0 Å². The summed E-state index contributed by atoms with van der Waals surface area (Å²) in [7, 11) is 0. The van der Waals surface area contributed by atoms with E-state index in [0.717, 1.165) is 11.3 Å². The van der Waals surface area contributed by atoms with Crippen LogP contribution in [0.2, 0.25) is 0 Å². The lowest BCUT2D eigenvalue weighted by atomic mass is 10.2. The highest BCUT2D eigenvalue weighted by Crippen LogP contribution is 2.23. The molecular formula is C12H12N2O3. The maximum absolute atomic E-state index is 10.9. The Hall–Kier alpha value is -2.27. The van der Waals surface area contributed by atoms with E-state index in [-0.39, 0.29) is 12.5 Å². The lowest BCUT2D eigenvalue weighted by Gasteiger charge is -2.06. The number of ether oxygens (including phenoxy) is 1. The molecule has 0 aliphatic rings. The summed E-state index contributed by atoms with van der Waals surface area (Å²) in [4.78, 5) is 10.9. The number of hydrazine groups is 1. The minimum absolute atomic E-state index is 0.113. The van der Waals surface area contributed by atoms with Gasteiger partial charge in [-0.3, -0.25) is 10.2 Å². The summed E-state index contributed by atoms with van der Waals surface area (Å²) >= 11 is 0. The molecule has 2 aromatic rings. The van der Waals surface area contributed by atoms with Crippen LogP contribution in [0, 0.1) is 0 Å². The fourth-order valence-corrected chi connectivity index (χ4v) is 1.37. The van der Waals surface area contributed by atoms with Gasteiger partial charge in [0.15, 0.2) is 6.61 Å². The van der Waals surface area contributed by atoms with Crippen molar-refractivity contribution in [2.24, 2.45) is 5.84 Å². The van der Waals surface area contributed by atoms with Crippen molar-refractivity contribution in [3.8, 4) is 17.1 Å². The molecule has 0 bridgehead atoms. The minimum Gasteiger partial charge on any atom is -0.484 e. The van der Waals surface area contributed by atoms with Crippen molar-refractivity contribution in [3.63, 3.8) is 0 Å². The van der Waals surface area contributed by atoms with E-state index in [0.29, 0.717) is 5.75 Å². The quantitative estimate of drug-likeness (QED) is 0.473. The second kappa shape index (κ2) is 5.18. The van der Waals surface area contributed by atoms with E-state index in [4.69, 9.17) is 15.0 Å². The number of nitrogens with two attached hydrogens (primary N) is 1. The van der Waals surface area contributed by atoms with Crippen LogP contribution in [0.3, 0.4) is 0 Å². The van der Waals surface area contributed by atoms with Crippen LogP contribution in [0.5, 0.6) is 5.75 Å². The first kappa shape index (κ1) is 11.2. The van der Waals surface area contributed by atoms with Crippen molar-refractivity contribution in [1.82, 2.24) is 5.43 Å². The molecule has 88 valence electrons. The summed E-state index contributed by atoms with van der Waals surface area (Å²) in [6, 6.07) is 10.9. The summed E-state index contributed by atoms with van der Waals surface area (Å²) in [5.41, 5.74) is 2.88. The van der Waals surface area contributed by atoms with E-state index in [9.17, 15) is 4.79 Å². The normalized spacial score (nSPS) is 9.94. The van der Waals surface area contributed by atoms with Gasteiger partial charge in [-0.05, 0) is 24.3 Å². The van der Waals surface area contributed by atoms with E-state index >= 15 is 0 Å². The molecule has 1 amide bonds. The molecule has 17 heavy (non-hydrogen) atoms. The number of carbonyl (C=O) groups excluding carboxylic acids is 1. The number of nitrogens with one attached hydrogen (secondary N) is 1. The second-order valence-electron chi connectivity index (χ2n) is 3.36. The minimum atomic E-state index is -0.381. The molecular weight excluding hydrogens is 220 g/mol.